The van der Waals surface area contributed by atoms with Crippen molar-refractivity contribution in [2.24, 2.45) is 11.7 Å². The summed E-state index contributed by atoms with van der Waals surface area (Å²) in [5.41, 5.74) is 6.67. The van der Waals surface area contributed by atoms with Crippen molar-refractivity contribution in [3.63, 3.8) is 0 Å². The second kappa shape index (κ2) is 6.97. The predicted octanol–water partition coefficient (Wildman–Crippen LogP) is 4.18. The monoisotopic (exact) mass is 257 g/mol. The molecule has 1 aromatic rings. The van der Waals surface area contributed by atoms with E-state index in [9.17, 15) is 4.39 Å². The smallest absolute Gasteiger partial charge is 0.145 e. The van der Waals surface area contributed by atoms with Gasteiger partial charge in [-0.2, -0.15) is 0 Å². The molecule has 0 aliphatic carbocycles. The summed E-state index contributed by atoms with van der Waals surface area (Å²) in [6.45, 7) is 4.36. The third kappa shape index (κ3) is 4.64. The molecule has 0 bridgehead atoms. The molecular formula is C14H21ClFN. The van der Waals surface area contributed by atoms with E-state index in [0.717, 1.165) is 6.42 Å². The average molecular weight is 258 g/mol. The van der Waals surface area contributed by atoms with Gasteiger partial charge in [-0.15, -0.1) is 0 Å². The van der Waals surface area contributed by atoms with Crippen molar-refractivity contribution in [2.45, 2.75) is 45.6 Å². The molecule has 1 nitrogen and oxygen atoms in total. The molecule has 0 saturated heterocycles. The molecule has 0 aliphatic rings. The average Bonchev–Trinajstić information content (AvgIpc) is 2.25. The van der Waals surface area contributed by atoms with E-state index in [0.29, 0.717) is 17.9 Å². The van der Waals surface area contributed by atoms with E-state index < -0.39 is 0 Å². The number of hydrogen-bond donors (Lipinski definition) is 1. The summed E-state index contributed by atoms with van der Waals surface area (Å²) >= 11 is 5.74. The summed E-state index contributed by atoms with van der Waals surface area (Å²) in [5, 5.41) is 0.177. The summed E-state index contributed by atoms with van der Waals surface area (Å²) in [5.74, 6) is 0.269. The topological polar surface area (TPSA) is 26.0 Å². The zero-order valence-electron chi connectivity index (χ0n) is 10.5. The van der Waals surface area contributed by atoms with Crippen LogP contribution in [0.1, 0.15) is 38.7 Å². The molecule has 0 fully saturated rings. The first-order valence-corrected chi connectivity index (χ1v) is 6.60. The van der Waals surface area contributed by atoms with Crippen molar-refractivity contribution >= 4 is 11.6 Å². The molecule has 0 saturated carbocycles. The summed E-state index contributed by atoms with van der Waals surface area (Å²) < 4.78 is 13.7. The molecule has 3 heteroatoms. The molecule has 0 heterocycles. The Kier molecular flexibility index (Phi) is 5.93. The Morgan fingerprint density at radius 3 is 2.76 bits per heavy atom. The van der Waals surface area contributed by atoms with Crippen LogP contribution in [0.15, 0.2) is 18.2 Å². The minimum Gasteiger partial charge on any atom is -0.327 e. The van der Waals surface area contributed by atoms with Crippen LogP contribution >= 0.6 is 11.6 Å². The first kappa shape index (κ1) is 14.5. The van der Waals surface area contributed by atoms with Gasteiger partial charge in [-0.25, -0.2) is 4.39 Å². The second-order valence-corrected chi connectivity index (χ2v) is 5.21. The first-order valence-electron chi connectivity index (χ1n) is 6.23. The van der Waals surface area contributed by atoms with Gasteiger partial charge in [0.25, 0.3) is 0 Å². The van der Waals surface area contributed by atoms with E-state index >= 15 is 0 Å². The van der Waals surface area contributed by atoms with Crippen molar-refractivity contribution in [1.29, 1.82) is 0 Å². The minimum atomic E-state index is -0.326. The maximum absolute atomic E-state index is 13.7. The second-order valence-electron chi connectivity index (χ2n) is 4.81. The first-order chi connectivity index (χ1) is 8.04. The normalized spacial score (nSPS) is 14.6. The number of benzene rings is 1. The molecule has 2 unspecified atom stereocenters. The highest BCUT2D eigenvalue weighted by Gasteiger charge is 2.13. The van der Waals surface area contributed by atoms with Gasteiger partial charge in [0.1, 0.15) is 5.82 Å². The fraction of sp³-hybridized carbons (Fsp3) is 0.571. The van der Waals surface area contributed by atoms with Crippen LogP contribution in [0.2, 0.25) is 5.02 Å². The Hall–Kier alpha value is -0.600. The van der Waals surface area contributed by atoms with Gasteiger partial charge in [0.15, 0.2) is 0 Å². The molecule has 0 spiro atoms. The maximum Gasteiger partial charge on any atom is 0.145 e. The Bertz CT molecular complexity index is 354. The minimum absolute atomic E-state index is 0.00418. The number of nitrogens with two attached hydrogens (primary N) is 1. The lowest BCUT2D eigenvalue weighted by atomic mass is 9.94. The third-order valence-electron chi connectivity index (χ3n) is 3.00. The Balaban J connectivity index is 2.56. The van der Waals surface area contributed by atoms with Gasteiger partial charge < -0.3 is 5.73 Å². The van der Waals surface area contributed by atoms with Crippen molar-refractivity contribution < 1.29 is 4.39 Å². The van der Waals surface area contributed by atoms with E-state index in [1.165, 1.54) is 12.8 Å². The maximum atomic E-state index is 13.7. The van der Waals surface area contributed by atoms with E-state index in [-0.39, 0.29) is 16.9 Å². The van der Waals surface area contributed by atoms with Crippen LogP contribution in [-0.4, -0.2) is 6.04 Å². The summed E-state index contributed by atoms with van der Waals surface area (Å²) in [4.78, 5) is 0. The molecule has 2 atom stereocenters. The molecule has 1 rings (SSSR count). The zero-order valence-corrected chi connectivity index (χ0v) is 11.3. The van der Waals surface area contributed by atoms with Crippen LogP contribution in [0.3, 0.4) is 0 Å². The van der Waals surface area contributed by atoms with Crippen molar-refractivity contribution in [3.05, 3.63) is 34.6 Å². The molecule has 0 aromatic heterocycles. The van der Waals surface area contributed by atoms with Crippen LogP contribution in [0.4, 0.5) is 4.39 Å². The van der Waals surface area contributed by atoms with Gasteiger partial charge in [0.2, 0.25) is 0 Å². The van der Waals surface area contributed by atoms with E-state index in [4.69, 9.17) is 17.3 Å². The van der Waals surface area contributed by atoms with Crippen molar-refractivity contribution in [3.8, 4) is 0 Å². The molecule has 1 aromatic carbocycles. The SMILES string of the molecule is CCCC(C)CC(N)Cc1cccc(Cl)c1F. The molecule has 0 amide bonds. The highest BCUT2D eigenvalue weighted by Crippen LogP contribution is 2.20. The predicted molar refractivity (Wildman–Crippen MR) is 71.8 cm³/mol. The van der Waals surface area contributed by atoms with Crippen LogP contribution < -0.4 is 5.73 Å². The third-order valence-corrected chi connectivity index (χ3v) is 3.29. The molecule has 0 radical (unpaired) electrons. The molecule has 17 heavy (non-hydrogen) atoms. The highest BCUT2D eigenvalue weighted by atomic mass is 35.5. The van der Waals surface area contributed by atoms with Gasteiger partial charge in [-0.3, -0.25) is 0 Å². The quantitative estimate of drug-likeness (QED) is 0.813. The lowest BCUT2D eigenvalue weighted by Crippen LogP contribution is -2.25. The van der Waals surface area contributed by atoms with Gasteiger partial charge in [-0.1, -0.05) is 50.4 Å². The Morgan fingerprint density at radius 1 is 1.41 bits per heavy atom. The lowest BCUT2D eigenvalue weighted by Gasteiger charge is -2.17. The summed E-state index contributed by atoms with van der Waals surface area (Å²) in [6.07, 6.45) is 3.82. The largest absolute Gasteiger partial charge is 0.327 e. The van der Waals surface area contributed by atoms with Gasteiger partial charge in [0, 0.05) is 6.04 Å². The molecule has 0 aliphatic heterocycles. The van der Waals surface area contributed by atoms with Crippen LogP contribution in [0, 0.1) is 11.7 Å². The number of hydrogen-bond acceptors (Lipinski definition) is 1. The Morgan fingerprint density at radius 2 is 2.12 bits per heavy atom. The summed E-state index contributed by atoms with van der Waals surface area (Å²) in [7, 11) is 0. The number of rotatable bonds is 6. The van der Waals surface area contributed by atoms with Gasteiger partial charge >= 0.3 is 0 Å². The lowest BCUT2D eigenvalue weighted by molar-refractivity contribution is 0.428. The summed E-state index contributed by atoms with van der Waals surface area (Å²) in [6, 6.07) is 5.09. The number of halogens is 2. The van der Waals surface area contributed by atoms with E-state index in [2.05, 4.69) is 13.8 Å². The van der Waals surface area contributed by atoms with Crippen LogP contribution in [0.5, 0.6) is 0 Å². The molecule has 96 valence electrons. The van der Waals surface area contributed by atoms with Crippen LogP contribution in [0.25, 0.3) is 0 Å². The fourth-order valence-corrected chi connectivity index (χ4v) is 2.39. The highest BCUT2D eigenvalue weighted by molar-refractivity contribution is 6.30. The van der Waals surface area contributed by atoms with Crippen molar-refractivity contribution in [1.82, 2.24) is 0 Å². The van der Waals surface area contributed by atoms with Crippen molar-refractivity contribution in [2.75, 3.05) is 0 Å². The van der Waals surface area contributed by atoms with Gasteiger partial charge in [0.05, 0.1) is 5.02 Å². The molecular weight excluding hydrogens is 237 g/mol. The van der Waals surface area contributed by atoms with Gasteiger partial charge in [-0.05, 0) is 30.4 Å². The zero-order chi connectivity index (χ0) is 12.8. The van der Waals surface area contributed by atoms with E-state index in [1.807, 2.05) is 0 Å². The fourth-order valence-electron chi connectivity index (χ4n) is 2.20. The van der Waals surface area contributed by atoms with Crippen LogP contribution in [-0.2, 0) is 6.42 Å². The molecule has 2 N–H and O–H groups in total. The Labute approximate surface area is 108 Å². The standard InChI is InChI=1S/C14H21ClFN/c1-3-5-10(2)8-12(17)9-11-6-4-7-13(15)14(11)16/h4,6-7,10,12H,3,5,8-9,17H2,1-2H3. The van der Waals surface area contributed by atoms with E-state index in [1.54, 1.807) is 18.2 Å².